The summed E-state index contributed by atoms with van der Waals surface area (Å²) in [6, 6.07) is 0. The van der Waals surface area contributed by atoms with Crippen LogP contribution in [0.5, 0.6) is 0 Å². The van der Waals surface area contributed by atoms with E-state index in [1.165, 1.54) is 6.92 Å². The minimum atomic E-state index is -0.361. The normalized spacial score (nSPS) is 8.83. The average molecular weight is 213 g/mol. The van der Waals surface area contributed by atoms with E-state index < -0.39 is 0 Å². The van der Waals surface area contributed by atoms with Crippen molar-refractivity contribution in [2.45, 2.75) is 33.6 Å². The van der Waals surface area contributed by atoms with E-state index in [2.05, 4.69) is 11.6 Å². The predicted octanol–water partition coefficient (Wildman–Crippen LogP) is 2.96. The molecule has 0 aliphatic rings. The van der Waals surface area contributed by atoms with Crippen LogP contribution in [0.25, 0.3) is 0 Å². The third kappa shape index (κ3) is 12.6. The van der Waals surface area contributed by atoms with Gasteiger partial charge in [0.25, 0.3) is 0 Å². The van der Waals surface area contributed by atoms with Crippen LogP contribution in [-0.2, 0) is 9.59 Å². The Kier molecular flexibility index (Phi) is 10.8. The summed E-state index contributed by atoms with van der Waals surface area (Å²) in [6.07, 6.45) is 1.72. The maximum absolute atomic E-state index is 10.4. The molecule has 0 aromatic carbocycles. The zero-order valence-electron chi connectivity index (χ0n) is 7.56. The molecule has 0 saturated carbocycles. The molecule has 12 heavy (non-hydrogen) atoms. The summed E-state index contributed by atoms with van der Waals surface area (Å²) in [6.45, 7) is 5.23. The van der Waals surface area contributed by atoms with Crippen molar-refractivity contribution in [1.82, 2.24) is 0 Å². The summed E-state index contributed by atoms with van der Waals surface area (Å²) >= 11 is 9.84. The average Bonchev–Trinajstić information content (AvgIpc) is 1.87. The highest BCUT2D eigenvalue weighted by molar-refractivity contribution is 6.64. The molecule has 0 atom stereocenters. The van der Waals surface area contributed by atoms with Gasteiger partial charge in [-0.15, -0.1) is 0 Å². The molecule has 0 N–H and O–H groups in total. The molecule has 72 valence electrons. The van der Waals surface area contributed by atoms with Gasteiger partial charge in [-0.25, -0.2) is 0 Å². The van der Waals surface area contributed by atoms with Crippen molar-refractivity contribution in [3.63, 3.8) is 0 Å². The molecule has 0 bridgehead atoms. The first kappa shape index (κ1) is 14.4. The Hall–Kier alpha value is -0.0800. The van der Waals surface area contributed by atoms with E-state index in [9.17, 15) is 9.59 Å². The molecular formula is C8H14Cl2O2. The Bertz CT molecular complexity index is 138. The molecule has 4 heteroatoms. The monoisotopic (exact) mass is 212 g/mol. The van der Waals surface area contributed by atoms with Gasteiger partial charge < -0.3 is 0 Å². The Morgan fingerprint density at radius 1 is 1.17 bits per heavy atom. The minimum Gasteiger partial charge on any atom is -0.282 e. The van der Waals surface area contributed by atoms with Crippen LogP contribution in [-0.4, -0.2) is 10.5 Å². The summed E-state index contributed by atoms with van der Waals surface area (Å²) in [5, 5.41) is -0.560. The SMILES string of the molecule is CC(=O)Cl.CCC(CC)C(=O)Cl. The van der Waals surface area contributed by atoms with Crippen LogP contribution in [0.4, 0.5) is 0 Å². The van der Waals surface area contributed by atoms with Crippen molar-refractivity contribution in [3.8, 4) is 0 Å². The van der Waals surface area contributed by atoms with Crippen molar-refractivity contribution in [1.29, 1.82) is 0 Å². The van der Waals surface area contributed by atoms with Crippen molar-refractivity contribution in [3.05, 3.63) is 0 Å². The molecule has 0 radical (unpaired) electrons. The van der Waals surface area contributed by atoms with E-state index >= 15 is 0 Å². The standard InChI is InChI=1S/C6H11ClO.C2H3ClO/c1-3-5(4-2)6(7)8;1-2(3)4/h5H,3-4H2,1-2H3;1H3. The quantitative estimate of drug-likeness (QED) is 0.675. The van der Waals surface area contributed by atoms with E-state index in [1.54, 1.807) is 0 Å². The fourth-order valence-electron chi connectivity index (χ4n) is 0.610. The number of carbonyl (C=O) groups excluding carboxylic acids is 2. The first-order chi connectivity index (χ1) is 5.45. The van der Waals surface area contributed by atoms with Crippen LogP contribution in [0.15, 0.2) is 0 Å². The minimum absolute atomic E-state index is 0.0802. The van der Waals surface area contributed by atoms with Gasteiger partial charge in [0.1, 0.15) is 0 Å². The molecule has 0 aromatic rings. The van der Waals surface area contributed by atoms with E-state index in [4.69, 9.17) is 11.6 Å². The smallest absolute Gasteiger partial charge is 0.224 e. The number of carbonyl (C=O) groups is 2. The van der Waals surface area contributed by atoms with Crippen molar-refractivity contribution < 1.29 is 9.59 Å². The molecule has 0 amide bonds. The fraction of sp³-hybridized carbons (Fsp3) is 0.750. The van der Waals surface area contributed by atoms with E-state index in [0.717, 1.165) is 12.8 Å². The lowest BCUT2D eigenvalue weighted by Gasteiger charge is -2.02. The van der Waals surface area contributed by atoms with E-state index in [1.807, 2.05) is 13.8 Å². The third-order valence-corrected chi connectivity index (χ3v) is 1.62. The maximum atomic E-state index is 10.4. The van der Waals surface area contributed by atoms with Crippen molar-refractivity contribution in [2.24, 2.45) is 5.92 Å². The van der Waals surface area contributed by atoms with Gasteiger partial charge in [-0.1, -0.05) is 13.8 Å². The Morgan fingerprint density at radius 3 is 1.42 bits per heavy atom. The highest BCUT2D eigenvalue weighted by atomic mass is 35.5. The second-order valence-electron chi connectivity index (χ2n) is 2.29. The first-order valence-corrected chi connectivity index (χ1v) is 4.56. The van der Waals surface area contributed by atoms with Gasteiger partial charge in [0.15, 0.2) is 0 Å². The Morgan fingerprint density at radius 2 is 1.42 bits per heavy atom. The number of rotatable bonds is 3. The first-order valence-electron chi connectivity index (χ1n) is 3.81. The molecular weight excluding hydrogens is 199 g/mol. The molecule has 0 fully saturated rings. The van der Waals surface area contributed by atoms with Gasteiger partial charge in [-0.2, -0.15) is 0 Å². The molecule has 0 spiro atoms. The molecule has 0 rings (SSSR count). The van der Waals surface area contributed by atoms with Gasteiger partial charge in [-0.05, 0) is 36.0 Å². The highest BCUT2D eigenvalue weighted by Crippen LogP contribution is 2.10. The molecule has 0 saturated heterocycles. The topological polar surface area (TPSA) is 34.1 Å². The van der Waals surface area contributed by atoms with Gasteiger partial charge >= 0.3 is 0 Å². The zero-order chi connectivity index (χ0) is 10.1. The summed E-state index contributed by atoms with van der Waals surface area (Å²) < 4.78 is 0. The summed E-state index contributed by atoms with van der Waals surface area (Å²) in [5.41, 5.74) is 0. The molecule has 0 aliphatic heterocycles. The van der Waals surface area contributed by atoms with Crippen LogP contribution >= 0.6 is 23.2 Å². The van der Waals surface area contributed by atoms with Gasteiger partial charge in [0, 0.05) is 12.8 Å². The van der Waals surface area contributed by atoms with Crippen molar-refractivity contribution >= 4 is 33.7 Å². The lowest BCUT2D eigenvalue weighted by atomic mass is 10.1. The largest absolute Gasteiger partial charge is 0.282 e. The lowest BCUT2D eigenvalue weighted by Crippen LogP contribution is -2.04. The van der Waals surface area contributed by atoms with Crippen molar-refractivity contribution in [2.75, 3.05) is 0 Å². The number of hydrogen-bond donors (Lipinski definition) is 0. The van der Waals surface area contributed by atoms with E-state index in [0.29, 0.717) is 0 Å². The summed E-state index contributed by atoms with van der Waals surface area (Å²) in [4.78, 5) is 19.6. The maximum Gasteiger partial charge on any atom is 0.224 e. The number of hydrogen-bond acceptors (Lipinski definition) is 2. The predicted molar refractivity (Wildman–Crippen MR) is 51.5 cm³/mol. The molecule has 0 aliphatic carbocycles. The highest BCUT2D eigenvalue weighted by Gasteiger charge is 2.09. The molecule has 2 nitrogen and oxygen atoms in total. The summed E-state index contributed by atoms with van der Waals surface area (Å²) in [7, 11) is 0. The zero-order valence-corrected chi connectivity index (χ0v) is 9.08. The second kappa shape index (κ2) is 9.01. The Balaban J connectivity index is 0. The Labute approximate surface area is 83.2 Å². The fourth-order valence-corrected chi connectivity index (χ4v) is 0.918. The van der Waals surface area contributed by atoms with Crippen LogP contribution in [0.1, 0.15) is 33.6 Å². The molecule has 0 heterocycles. The van der Waals surface area contributed by atoms with Gasteiger partial charge in [0.2, 0.25) is 10.5 Å². The molecule has 0 unspecified atom stereocenters. The van der Waals surface area contributed by atoms with Crippen LogP contribution in [0, 0.1) is 5.92 Å². The van der Waals surface area contributed by atoms with Crippen LogP contribution in [0.2, 0.25) is 0 Å². The van der Waals surface area contributed by atoms with E-state index in [-0.39, 0.29) is 16.4 Å². The molecule has 0 aromatic heterocycles. The number of halogens is 2. The van der Waals surface area contributed by atoms with Gasteiger partial charge in [-0.3, -0.25) is 9.59 Å². The van der Waals surface area contributed by atoms with Gasteiger partial charge in [0.05, 0.1) is 0 Å². The summed E-state index contributed by atoms with van der Waals surface area (Å²) in [5.74, 6) is 0.0802. The van der Waals surface area contributed by atoms with Crippen LogP contribution < -0.4 is 0 Å². The lowest BCUT2D eigenvalue weighted by molar-refractivity contribution is -0.115. The second-order valence-corrected chi connectivity index (χ2v) is 3.19. The van der Waals surface area contributed by atoms with Crippen LogP contribution in [0.3, 0.4) is 0 Å². The third-order valence-electron chi connectivity index (χ3n) is 1.31.